The van der Waals surface area contributed by atoms with Gasteiger partial charge in [0.25, 0.3) is 10.1 Å². The zero-order chi connectivity index (χ0) is 19.9. The number of rotatable bonds is 3. The zero-order valence-corrected chi connectivity index (χ0v) is 15.1. The van der Waals surface area contributed by atoms with Crippen LogP contribution >= 0.6 is 0 Å². The maximum absolute atomic E-state index is 9.19. The maximum atomic E-state index is 9.19. The third kappa shape index (κ3) is 6.04. The minimum Gasteiger partial charge on any atom is -0.286 e. The standard InChI is InChI=1S/C17H11N5.CH4O3S/c18-9-13-1-5-15(6-2-13)17(22-12-20-11-21-22)16-7-3-14(10-19)4-8-16;1-5(2,3)4/h1-8,11-12,17H;1H3,(H,2,3,4). The number of aromatic nitrogens is 3. The van der Waals surface area contributed by atoms with Gasteiger partial charge in [0.2, 0.25) is 0 Å². The van der Waals surface area contributed by atoms with E-state index >= 15 is 0 Å². The molecule has 8 nitrogen and oxygen atoms in total. The van der Waals surface area contributed by atoms with Crippen molar-refractivity contribution in [2.45, 2.75) is 6.04 Å². The minimum absolute atomic E-state index is 0.150. The summed E-state index contributed by atoms with van der Waals surface area (Å²) in [6.45, 7) is 0. The summed E-state index contributed by atoms with van der Waals surface area (Å²) in [4.78, 5) is 4.01. The van der Waals surface area contributed by atoms with Gasteiger partial charge in [-0.3, -0.25) is 4.55 Å². The number of nitriles is 2. The summed E-state index contributed by atoms with van der Waals surface area (Å²) < 4.78 is 27.6. The van der Waals surface area contributed by atoms with Gasteiger partial charge in [0.1, 0.15) is 18.7 Å². The Bertz CT molecular complexity index is 997. The van der Waals surface area contributed by atoms with E-state index in [1.807, 2.05) is 24.3 Å². The first kappa shape index (κ1) is 19.8. The van der Waals surface area contributed by atoms with E-state index in [0.717, 1.165) is 11.1 Å². The monoisotopic (exact) mass is 381 g/mol. The van der Waals surface area contributed by atoms with Crippen LogP contribution in [0.2, 0.25) is 0 Å². The molecular formula is C18H15N5O3S. The van der Waals surface area contributed by atoms with Crippen LogP contribution in [0.1, 0.15) is 28.3 Å². The fourth-order valence-electron chi connectivity index (χ4n) is 2.33. The second-order valence-electron chi connectivity index (χ2n) is 5.48. The Balaban J connectivity index is 0.000000465. The lowest BCUT2D eigenvalue weighted by Gasteiger charge is -2.18. The van der Waals surface area contributed by atoms with Gasteiger partial charge >= 0.3 is 0 Å². The summed E-state index contributed by atoms with van der Waals surface area (Å²) in [5.41, 5.74) is 3.21. The van der Waals surface area contributed by atoms with Crippen LogP contribution < -0.4 is 0 Å². The Morgan fingerprint density at radius 2 is 1.37 bits per heavy atom. The Morgan fingerprint density at radius 1 is 0.963 bits per heavy atom. The molecule has 3 rings (SSSR count). The molecule has 0 radical (unpaired) electrons. The van der Waals surface area contributed by atoms with Crippen molar-refractivity contribution in [3.05, 3.63) is 83.4 Å². The van der Waals surface area contributed by atoms with Crippen LogP contribution in [0, 0.1) is 22.7 Å². The molecule has 0 amide bonds. The van der Waals surface area contributed by atoms with E-state index in [-0.39, 0.29) is 6.04 Å². The maximum Gasteiger partial charge on any atom is 0.261 e. The quantitative estimate of drug-likeness (QED) is 0.687. The summed E-state index contributed by atoms with van der Waals surface area (Å²) in [6.07, 6.45) is 3.86. The molecule has 0 fully saturated rings. The van der Waals surface area contributed by atoms with Gasteiger partial charge in [-0.25, -0.2) is 9.67 Å². The van der Waals surface area contributed by atoms with E-state index in [0.29, 0.717) is 17.4 Å². The van der Waals surface area contributed by atoms with Gasteiger partial charge in [0.15, 0.2) is 0 Å². The highest BCUT2D eigenvalue weighted by atomic mass is 32.2. The predicted octanol–water partition coefficient (Wildman–Crippen LogP) is 2.16. The number of hydrogen-bond donors (Lipinski definition) is 1. The molecule has 0 aliphatic carbocycles. The molecule has 1 aromatic heterocycles. The molecular weight excluding hydrogens is 366 g/mol. The Hall–Kier alpha value is -3.53. The molecule has 2 aromatic carbocycles. The largest absolute Gasteiger partial charge is 0.286 e. The topological polar surface area (TPSA) is 133 Å². The molecule has 0 aliphatic heterocycles. The summed E-state index contributed by atoms with van der Waals surface area (Å²) in [5, 5.41) is 22.1. The van der Waals surface area contributed by atoms with Crippen LogP contribution in [-0.2, 0) is 10.1 Å². The summed E-state index contributed by atoms with van der Waals surface area (Å²) >= 11 is 0. The Labute approximate surface area is 156 Å². The van der Waals surface area contributed by atoms with Gasteiger partial charge in [0, 0.05) is 0 Å². The highest BCUT2D eigenvalue weighted by Gasteiger charge is 2.17. The van der Waals surface area contributed by atoms with Crippen molar-refractivity contribution in [1.29, 1.82) is 10.5 Å². The predicted molar refractivity (Wildman–Crippen MR) is 97.0 cm³/mol. The number of benzene rings is 2. The van der Waals surface area contributed by atoms with E-state index in [1.54, 1.807) is 35.3 Å². The van der Waals surface area contributed by atoms with Crippen LogP contribution in [0.5, 0.6) is 0 Å². The normalized spacial score (nSPS) is 10.4. The molecule has 0 saturated heterocycles. The van der Waals surface area contributed by atoms with Crippen molar-refractivity contribution in [1.82, 2.24) is 14.8 Å². The molecule has 0 bridgehead atoms. The van der Waals surface area contributed by atoms with E-state index in [1.165, 1.54) is 6.33 Å². The van der Waals surface area contributed by atoms with Crippen LogP contribution in [0.3, 0.4) is 0 Å². The van der Waals surface area contributed by atoms with E-state index in [4.69, 9.17) is 15.1 Å². The number of nitrogens with zero attached hydrogens (tertiary/aromatic N) is 5. The van der Waals surface area contributed by atoms with Crippen LogP contribution in [0.4, 0.5) is 0 Å². The van der Waals surface area contributed by atoms with Gasteiger partial charge < -0.3 is 0 Å². The summed E-state index contributed by atoms with van der Waals surface area (Å²) in [5.74, 6) is 0. The SMILES string of the molecule is CS(=O)(=O)O.N#Cc1ccc(C(c2ccc(C#N)cc2)n2cncn2)cc1. The van der Waals surface area contributed by atoms with Crippen molar-refractivity contribution in [2.24, 2.45) is 0 Å². The molecule has 27 heavy (non-hydrogen) atoms. The van der Waals surface area contributed by atoms with Crippen molar-refractivity contribution in [3.63, 3.8) is 0 Å². The molecule has 3 aromatic rings. The lowest BCUT2D eigenvalue weighted by atomic mass is 9.97. The second-order valence-corrected chi connectivity index (χ2v) is 6.94. The number of hydrogen-bond acceptors (Lipinski definition) is 6. The molecule has 0 spiro atoms. The second kappa shape index (κ2) is 8.72. The van der Waals surface area contributed by atoms with E-state index in [9.17, 15) is 8.42 Å². The van der Waals surface area contributed by atoms with Crippen molar-refractivity contribution >= 4 is 10.1 Å². The van der Waals surface area contributed by atoms with Gasteiger partial charge in [-0.15, -0.1) is 0 Å². The summed E-state index contributed by atoms with van der Waals surface area (Å²) in [7, 11) is -3.67. The van der Waals surface area contributed by atoms with Gasteiger partial charge in [0.05, 0.1) is 29.5 Å². The van der Waals surface area contributed by atoms with Gasteiger partial charge in [-0.1, -0.05) is 24.3 Å². The van der Waals surface area contributed by atoms with Gasteiger partial charge in [-0.05, 0) is 35.4 Å². The first-order valence-electron chi connectivity index (χ1n) is 7.58. The third-order valence-electron chi connectivity index (χ3n) is 3.41. The van der Waals surface area contributed by atoms with Crippen molar-refractivity contribution in [3.8, 4) is 12.1 Å². The van der Waals surface area contributed by atoms with Crippen LogP contribution in [-0.4, -0.2) is 34.0 Å². The molecule has 136 valence electrons. The fraction of sp³-hybridized carbons (Fsp3) is 0.111. The van der Waals surface area contributed by atoms with E-state index in [2.05, 4.69) is 22.2 Å². The smallest absolute Gasteiger partial charge is 0.261 e. The Kier molecular flexibility index (Phi) is 6.39. The van der Waals surface area contributed by atoms with Crippen molar-refractivity contribution in [2.75, 3.05) is 6.26 Å². The molecule has 0 aliphatic rings. The highest BCUT2D eigenvalue weighted by Crippen LogP contribution is 2.26. The molecule has 1 heterocycles. The van der Waals surface area contributed by atoms with Crippen LogP contribution in [0.25, 0.3) is 0 Å². The lowest BCUT2D eigenvalue weighted by molar-refractivity contribution is 0.490. The Morgan fingerprint density at radius 3 is 1.67 bits per heavy atom. The average Bonchev–Trinajstić information content (AvgIpc) is 3.16. The lowest BCUT2D eigenvalue weighted by Crippen LogP contribution is -2.13. The molecule has 9 heteroatoms. The van der Waals surface area contributed by atoms with Gasteiger partial charge in [-0.2, -0.15) is 24.0 Å². The summed E-state index contributed by atoms with van der Waals surface area (Å²) in [6, 6.07) is 18.8. The fourth-order valence-corrected chi connectivity index (χ4v) is 2.33. The zero-order valence-electron chi connectivity index (χ0n) is 14.3. The molecule has 0 atom stereocenters. The average molecular weight is 381 g/mol. The molecule has 1 N–H and O–H groups in total. The highest BCUT2D eigenvalue weighted by molar-refractivity contribution is 7.85. The van der Waals surface area contributed by atoms with Crippen LogP contribution in [0.15, 0.2) is 61.2 Å². The molecule has 0 saturated carbocycles. The first-order chi connectivity index (χ1) is 12.8. The molecule has 0 unspecified atom stereocenters. The first-order valence-corrected chi connectivity index (χ1v) is 9.43. The van der Waals surface area contributed by atoms with Crippen molar-refractivity contribution < 1.29 is 13.0 Å². The minimum atomic E-state index is -3.67. The third-order valence-corrected chi connectivity index (χ3v) is 3.41. The van der Waals surface area contributed by atoms with E-state index < -0.39 is 10.1 Å².